The van der Waals surface area contributed by atoms with E-state index in [9.17, 15) is 4.79 Å². The smallest absolute Gasteiger partial charge is 0.251 e. The van der Waals surface area contributed by atoms with Crippen molar-refractivity contribution in [2.24, 2.45) is 0 Å². The second-order valence-electron chi connectivity index (χ2n) is 7.67. The maximum Gasteiger partial charge on any atom is 0.251 e. The van der Waals surface area contributed by atoms with Crippen LogP contribution < -0.4 is 14.8 Å². The van der Waals surface area contributed by atoms with Gasteiger partial charge in [-0.3, -0.25) is 9.69 Å². The molecule has 1 unspecified atom stereocenters. The Kier molecular flexibility index (Phi) is 8.23. The number of nitrogens with one attached hydrogen (secondary N) is 1. The summed E-state index contributed by atoms with van der Waals surface area (Å²) >= 11 is 7.64. The molecule has 174 valence electrons. The van der Waals surface area contributed by atoms with Crippen LogP contribution in [0.1, 0.15) is 26.8 Å². The molecular formula is C25H27ClN2O4S. The summed E-state index contributed by atoms with van der Waals surface area (Å²) < 4.78 is 16.9. The molecule has 0 radical (unpaired) electrons. The summed E-state index contributed by atoms with van der Waals surface area (Å²) in [6, 6.07) is 17.0. The number of hydrogen-bond donors (Lipinski definition) is 1. The quantitative estimate of drug-likeness (QED) is 0.471. The van der Waals surface area contributed by atoms with Gasteiger partial charge in [0, 0.05) is 35.1 Å². The van der Waals surface area contributed by atoms with Crippen molar-refractivity contribution in [2.75, 3.05) is 40.0 Å². The van der Waals surface area contributed by atoms with Gasteiger partial charge in [-0.15, -0.1) is 11.3 Å². The molecule has 1 aromatic heterocycles. The molecule has 1 saturated heterocycles. The van der Waals surface area contributed by atoms with Crippen molar-refractivity contribution in [3.05, 3.63) is 81.0 Å². The van der Waals surface area contributed by atoms with Crippen LogP contribution in [0.2, 0.25) is 5.02 Å². The standard InChI is InChI=1S/C25H27ClN2O4S/c1-30-23-15-19(6-9-22(23)32-17-18-4-7-20(26)8-5-18)25(29)27-16-21(24-3-2-14-33-24)28-10-12-31-13-11-28/h2-9,14-15,21H,10-13,16-17H2,1H3,(H,27,29). The second kappa shape index (κ2) is 11.5. The highest BCUT2D eigenvalue weighted by atomic mass is 35.5. The highest BCUT2D eigenvalue weighted by Crippen LogP contribution is 2.30. The van der Waals surface area contributed by atoms with Gasteiger partial charge >= 0.3 is 0 Å². The van der Waals surface area contributed by atoms with Crippen LogP contribution in [-0.4, -0.2) is 50.8 Å². The van der Waals surface area contributed by atoms with E-state index in [1.54, 1.807) is 36.6 Å². The van der Waals surface area contributed by atoms with E-state index in [1.165, 1.54) is 4.88 Å². The fourth-order valence-electron chi connectivity index (χ4n) is 3.74. The van der Waals surface area contributed by atoms with Gasteiger partial charge in [0.1, 0.15) is 6.61 Å². The van der Waals surface area contributed by atoms with Crippen LogP contribution in [0, 0.1) is 0 Å². The van der Waals surface area contributed by atoms with Gasteiger partial charge in [0.25, 0.3) is 5.91 Å². The van der Waals surface area contributed by atoms with Gasteiger partial charge in [0.05, 0.1) is 26.4 Å². The first-order valence-corrected chi connectivity index (χ1v) is 12.1. The van der Waals surface area contributed by atoms with Crippen LogP contribution in [-0.2, 0) is 11.3 Å². The number of carbonyl (C=O) groups excluding carboxylic acids is 1. The lowest BCUT2D eigenvalue weighted by atomic mass is 10.1. The monoisotopic (exact) mass is 486 g/mol. The molecule has 1 amide bonds. The lowest BCUT2D eigenvalue weighted by Gasteiger charge is -2.34. The van der Waals surface area contributed by atoms with Gasteiger partial charge in [-0.05, 0) is 47.3 Å². The number of morpholine rings is 1. The maximum absolute atomic E-state index is 12.9. The summed E-state index contributed by atoms with van der Waals surface area (Å²) in [6.07, 6.45) is 0. The predicted octanol–water partition coefficient (Wildman–Crippen LogP) is 4.79. The summed E-state index contributed by atoms with van der Waals surface area (Å²) in [6.45, 7) is 4.03. The fraction of sp³-hybridized carbons (Fsp3) is 0.320. The Morgan fingerprint density at radius 3 is 2.64 bits per heavy atom. The molecule has 1 aliphatic heterocycles. The van der Waals surface area contributed by atoms with E-state index in [0.29, 0.717) is 48.5 Å². The van der Waals surface area contributed by atoms with Gasteiger partial charge in [-0.1, -0.05) is 29.8 Å². The van der Waals surface area contributed by atoms with E-state index >= 15 is 0 Å². The van der Waals surface area contributed by atoms with Crippen molar-refractivity contribution < 1.29 is 19.0 Å². The number of halogens is 1. The second-order valence-corrected chi connectivity index (χ2v) is 9.09. The van der Waals surface area contributed by atoms with E-state index in [2.05, 4.69) is 21.7 Å². The Bertz CT molecular complexity index is 1040. The molecule has 6 nitrogen and oxygen atoms in total. The van der Waals surface area contributed by atoms with Gasteiger partial charge in [-0.25, -0.2) is 0 Å². The lowest BCUT2D eigenvalue weighted by Crippen LogP contribution is -2.43. The Morgan fingerprint density at radius 1 is 1.15 bits per heavy atom. The van der Waals surface area contributed by atoms with Crippen molar-refractivity contribution in [1.29, 1.82) is 0 Å². The molecule has 8 heteroatoms. The maximum atomic E-state index is 12.9. The van der Waals surface area contributed by atoms with Crippen molar-refractivity contribution in [2.45, 2.75) is 12.6 Å². The molecule has 2 heterocycles. The zero-order valence-electron chi connectivity index (χ0n) is 18.5. The molecule has 4 rings (SSSR count). The van der Waals surface area contributed by atoms with Crippen molar-refractivity contribution >= 4 is 28.8 Å². The van der Waals surface area contributed by atoms with Crippen molar-refractivity contribution in [3.63, 3.8) is 0 Å². The Morgan fingerprint density at radius 2 is 1.94 bits per heavy atom. The molecule has 0 aliphatic carbocycles. The average Bonchev–Trinajstić information content (AvgIpc) is 3.39. The number of carbonyl (C=O) groups is 1. The average molecular weight is 487 g/mol. The normalized spacial score (nSPS) is 15.1. The number of thiophene rings is 1. The van der Waals surface area contributed by atoms with Crippen LogP contribution in [0.5, 0.6) is 11.5 Å². The Hall–Kier alpha value is -2.58. The first-order chi connectivity index (χ1) is 16.1. The minimum absolute atomic E-state index is 0.127. The van der Waals surface area contributed by atoms with E-state index in [-0.39, 0.29) is 11.9 Å². The van der Waals surface area contributed by atoms with Crippen molar-refractivity contribution in [1.82, 2.24) is 10.2 Å². The minimum Gasteiger partial charge on any atom is -0.493 e. The highest BCUT2D eigenvalue weighted by molar-refractivity contribution is 7.10. The number of rotatable bonds is 9. The van der Waals surface area contributed by atoms with E-state index < -0.39 is 0 Å². The molecule has 3 aromatic rings. The number of ether oxygens (including phenoxy) is 3. The largest absolute Gasteiger partial charge is 0.493 e. The number of amides is 1. The first kappa shape index (κ1) is 23.6. The van der Waals surface area contributed by atoms with E-state index in [4.69, 9.17) is 25.8 Å². The molecule has 0 spiro atoms. The lowest BCUT2D eigenvalue weighted by molar-refractivity contribution is 0.0169. The topological polar surface area (TPSA) is 60.0 Å². The third-order valence-electron chi connectivity index (χ3n) is 5.55. The van der Waals surface area contributed by atoms with E-state index in [1.807, 2.05) is 30.3 Å². The molecule has 33 heavy (non-hydrogen) atoms. The van der Waals surface area contributed by atoms with Gasteiger partial charge < -0.3 is 19.5 Å². The Balaban J connectivity index is 1.40. The SMILES string of the molecule is COc1cc(C(=O)NCC(c2cccs2)N2CCOCC2)ccc1OCc1ccc(Cl)cc1. The molecule has 1 fully saturated rings. The molecular weight excluding hydrogens is 460 g/mol. The van der Waals surface area contributed by atoms with Gasteiger partial charge in [0.15, 0.2) is 11.5 Å². The third-order valence-corrected chi connectivity index (χ3v) is 6.77. The summed E-state index contributed by atoms with van der Waals surface area (Å²) in [5.74, 6) is 0.945. The van der Waals surface area contributed by atoms with Crippen LogP contribution in [0.3, 0.4) is 0 Å². The molecule has 1 N–H and O–H groups in total. The van der Waals surface area contributed by atoms with Gasteiger partial charge in [-0.2, -0.15) is 0 Å². The summed E-state index contributed by atoms with van der Waals surface area (Å²) in [4.78, 5) is 16.5. The van der Waals surface area contributed by atoms with Crippen LogP contribution in [0.25, 0.3) is 0 Å². The number of nitrogens with zero attached hydrogens (tertiary/aromatic N) is 1. The van der Waals surface area contributed by atoms with Crippen molar-refractivity contribution in [3.8, 4) is 11.5 Å². The molecule has 0 bridgehead atoms. The molecule has 1 atom stereocenters. The van der Waals surface area contributed by atoms with Crippen LogP contribution in [0.15, 0.2) is 60.0 Å². The zero-order valence-corrected chi connectivity index (χ0v) is 20.0. The number of methoxy groups -OCH3 is 1. The van der Waals surface area contributed by atoms with Gasteiger partial charge in [0.2, 0.25) is 0 Å². The highest BCUT2D eigenvalue weighted by Gasteiger charge is 2.24. The zero-order chi connectivity index (χ0) is 23.0. The Labute approximate surface area is 203 Å². The summed E-state index contributed by atoms with van der Waals surface area (Å²) in [5.41, 5.74) is 1.52. The first-order valence-electron chi connectivity index (χ1n) is 10.8. The number of benzene rings is 2. The molecule has 0 saturated carbocycles. The number of hydrogen-bond acceptors (Lipinski definition) is 6. The third kappa shape index (κ3) is 6.26. The molecule has 2 aromatic carbocycles. The fourth-order valence-corrected chi connectivity index (χ4v) is 4.73. The van der Waals surface area contributed by atoms with Crippen LogP contribution in [0.4, 0.5) is 0 Å². The summed E-state index contributed by atoms with van der Waals surface area (Å²) in [7, 11) is 1.57. The molecule has 1 aliphatic rings. The minimum atomic E-state index is -0.146. The van der Waals surface area contributed by atoms with E-state index in [0.717, 1.165) is 18.7 Å². The summed E-state index contributed by atoms with van der Waals surface area (Å²) in [5, 5.41) is 5.84. The van der Waals surface area contributed by atoms with Crippen LogP contribution >= 0.6 is 22.9 Å². The predicted molar refractivity (Wildman–Crippen MR) is 131 cm³/mol.